The van der Waals surface area contributed by atoms with Crippen molar-refractivity contribution in [2.45, 2.75) is 32.1 Å². The van der Waals surface area contributed by atoms with E-state index in [0.717, 1.165) is 25.9 Å². The fourth-order valence-electron chi connectivity index (χ4n) is 2.78. The van der Waals surface area contributed by atoms with Gasteiger partial charge in [-0.25, -0.2) is 8.42 Å². The Bertz CT molecular complexity index is 455. The number of sulfone groups is 1. The lowest BCUT2D eigenvalue weighted by molar-refractivity contribution is -0.133. The molecule has 2 heterocycles. The first-order valence-electron chi connectivity index (χ1n) is 7.21. The molecule has 0 spiro atoms. The first-order valence-corrected chi connectivity index (χ1v) is 9.03. The number of hydrogen-bond acceptors (Lipinski definition) is 5. The molecule has 2 saturated heterocycles. The number of carbonyl (C=O) groups excluding carboxylic acids is 2. The maximum Gasteiger partial charge on any atom is 0.229 e. The first kappa shape index (κ1) is 15.4. The van der Waals surface area contributed by atoms with Crippen molar-refractivity contribution >= 4 is 21.7 Å². The normalized spacial score (nSPS) is 24.2. The van der Waals surface area contributed by atoms with Gasteiger partial charge in [0.05, 0.1) is 11.5 Å². The van der Waals surface area contributed by atoms with Crippen LogP contribution in [0.1, 0.15) is 32.1 Å². The summed E-state index contributed by atoms with van der Waals surface area (Å²) in [7, 11) is -2.90. The molecule has 0 aromatic heterocycles. The molecule has 0 unspecified atom stereocenters. The van der Waals surface area contributed by atoms with Crippen LogP contribution in [0.3, 0.4) is 0 Å². The standard InChI is InChI=1S/C13H22N2O4S/c16-12(9-10-3-7-20(18,19)8-4-10)15-13(17)11-1-5-14-6-2-11/h10-11,14H,1-9H2,(H,15,16,17). The van der Waals surface area contributed by atoms with Crippen molar-refractivity contribution in [1.29, 1.82) is 0 Å². The van der Waals surface area contributed by atoms with Crippen LogP contribution in [0.15, 0.2) is 0 Å². The highest BCUT2D eigenvalue weighted by molar-refractivity contribution is 7.91. The molecule has 2 fully saturated rings. The van der Waals surface area contributed by atoms with E-state index in [4.69, 9.17) is 0 Å². The van der Waals surface area contributed by atoms with Gasteiger partial charge < -0.3 is 5.32 Å². The molecule has 0 aromatic rings. The third kappa shape index (κ3) is 4.56. The van der Waals surface area contributed by atoms with Gasteiger partial charge in [0.25, 0.3) is 0 Å². The topological polar surface area (TPSA) is 92.3 Å². The van der Waals surface area contributed by atoms with Gasteiger partial charge in [-0.1, -0.05) is 0 Å². The maximum atomic E-state index is 11.9. The van der Waals surface area contributed by atoms with Crippen LogP contribution in [-0.2, 0) is 19.4 Å². The Balaban J connectivity index is 1.73. The molecule has 2 aliphatic heterocycles. The molecule has 114 valence electrons. The van der Waals surface area contributed by atoms with Crippen molar-refractivity contribution in [2.24, 2.45) is 11.8 Å². The Morgan fingerprint density at radius 3 is 2.25 bits per heavy atom. The van der Waals surface area contributed by atoms with Gasteiger partial charge in [0, 0.05) is 12.3 Å². The van der Waals surface area contributed by atoms with Gasteiger partial charge in [0.1, 0.15) is 9.84 Å². The minimum atomic E-state index is -2.90. The summed E-state index contributed by atoms with van der Waals surface area (Å²) in [6.45, 7) is 1.62. The number of hydrogen-bond donors (Lipinski definition) is 2. The monoisotopic (exact) mass is 302 g/mol. The first-order chi connectivity index (χ1) is 9.46. The summed E-state index contributed by atoms with van der Waals surface area (Å²) < 4.78 is 22.6. The average molecular weight is 302 g/mol. The van der Waals surface area contributed by atoms with Crippen molar-refractivity contribution < 1.29 is 18.0 Å². The predicted molar refractivity (Wildman–Crippen MR) is 74.7 cm³/mol. The molecular weight excluding hydrogens is 280 g/mol. The fourth-order valence-corrected chi connectivity index (χ4v) is 4.37. The lowest BCUT2D eigenvalue weighted by Crippen LogP contribution is -2.41. The summed E-state index contributed by atoms with van der Waals surface area (Å²) in [4.78, 5) is 23.7. The van der Waals surface area contributed by atoms with Crippen molar-refractivity contribution in [3.05, 3.63) is 0 Å². The van der Waals surface area contributed by atoms with Gasteiger partial charge in [-0.15, -0.1) is 0 Å². The molecule has 0 radical (unpaired) electrons. The van der Waals surface area contributed by atoms with E-state index < -0.39 is 9.84 Å². The van der Waals surface area contributed by atoms with E-state index >= 15 is 0 Å². The number of amides is 2. The van der Waals surface area contributed by atoms with Gasteiger partial charge in [-0.2, -0.15) is 0 Å². The third-order valence-corrected chi connectivity index (χ3v) is 5.84. The van der Waals surface area contributed by atoms with Crippen molar-refractivity contribution in [2.75, 3.05) is 24.6 Å². The highest BCUT2D eigenvalue weighted by Gasteiger charge is 2.27. The molecule has 0 aromatic carbocycles. The van der Waals surface area contributed by atoms with Crippen LogP contribution < -0.4 is 10.6 Å². The molecule has 2 rings (SSSR count). The second-order valence-corrected chi connectivity index (χ2v) is 8.04. The number of carbonyl (C=O) groups is 2. The van der Waals surface area contributed by atoms with Crippen molar-refractivity contribution in [1.82, 2.24) is 10.6 Å². The Kier molecular flexibility index (Phi) is 5.15. The Morgan fingerprint density at radius 1 is 1.05 bits per heavy atom. The molecule has 20 heavy (non-hydrogen) atoms. The third-order valence-electron chi connectivity index (χ3n) is 4.12. The van der Waals surface area contributed by atoms with Gasteiger partial charge in [0.15, 0.2) is 0 Å². The van der Waals surface area contributed by atoms with E-state index in [0.29, 0.717) is 12.8 Å². The molecule has 0 bridgehead atoms. The van der Waals surface area contributed by atoms with Crippen molar-refractivity contribution in [3.8, 4) is 0 Å². The van der Waals surface area contributed by atoms with Crippen LogP contribution in [0.4, 0.5) is 0 Å². The minimum absolute atomic E-state index is 0.0769. The quantitative estimate of drug-likeness (QED) is 0.756. The largest absolute Gasteiger partial charge is 0.317 e. The zero-order valence-corrected chi connectivity index (χ0v) is 12.4. The van der Waals surface area contributed by atoms with Gasteiger partial charge >= 0.3 is 0 Å². The van der Waals surface area contributed by atoms with Crippen LogP contribution in [0, 0.1) is 11.8 Å². The average Bonchev–Trinajstić information content (AvgIpc) is 2.42. The molecule has 6 nitrogen and oxygen atoms in total. The van der Waals surface area contributed by atoms with Gasteiger partial charge in [0.2, 0.25) is 11.8 Å². The SMILES string of the molecule is O=C(CC1CCS(=O)(=O)CC1)NC(=O)C1CCNCC1. The molecule has 0 aliphatic carbocycles. The zero-order valence-electron chi connectivity index (χ0n) is 11.6. The molecule has 0 saturated carbocycles. The molecule has 2 N–H and O–H groups in total. The maximum absolute atomic E-state index is 11.9. The van der Waals surface area contributed by atoms with E-state index in [1.54, 1.807) is 0 Å². The summed E-state index contributed by atoms with van der Waals surface area (Å²) in [5, 5.41) is 5.64. The lowest BCUT2D eigenvalue weighted by atomic mass is 9.96. The number of rotatable bonds is 3. The van der Waals surface area contributed by atoms with Gasteiger partial charge in [-0.3, -0.25) is 14.9 Å². The Hall–Kier alpha value is -0.950. The summed E-state index contributed by atoms with van der Waals surface area (Å²) in [6.07, 6.45) is 2.84. The summed E-state index contributed by atoms with van der Waals surface area (Å²) in [6, 6.07) is 0. The van der Waals surface area contributed by atoms with Crippen LogP contribution in [0.5, 0.6) is 0 Å². The molecular formula is C13H22N2O4S. The Morgan fingerprint density at radius 2 is 1.65 bits per heavy atom. The lowest BCUT2D eigenvalue weighted by Gasteiger charge is -2.23. The van der Waals surface area contributed by atoms with E-state index in [-0.39, 0.29) is 41.6 Å². The summed E-state index contributed by atoms with van der Waals surface area (Å²) >= 11 is 0. The van der Waals surface area contributed by atoms with E-state index in [9.17, 15) is 18.0 Å². The van der Waals surface area contributed by atoms with Crippen LogP contribution in [0.2, 0.25) is 0 Å². The Labute approximate surface area is 119 Å². The minimum Gasteiger partial charge on any atom is -0.317 e. The smallest absolute Gasteiger partial charge is 0.229 e. The van der Waals surface area contributed by atoms with E-state index in [2.05, 4.69) is 10.6 Å². The molecule has 2 aliphatic rings. The van der Waals surface area contributed by atoms with Crippen LogP contribution in [-0.4, -0.2) is 44.8 Å². The highest BCUT2D eigenvalue weighted by Crippen LogP contribution is 2.22. The van der Waals surface area contributed by atoms with E-state index in [1.165, 1.54) is 0 Å². The molecule has 0 atom stereocenters. The number of piperidine rings is 1. The summed E-state index contributed by atoms with van der Waals surface area (Å²) in [5.41, 5.74) is 0. The molecule has 7 heteroatoms. The second-order valence-electron chi connectivity index (χ2n) is 5.74. The predicted octanol–water partition coefficient (Wildman–Crippen LogP) is -0.156. The number of imide groups is 1. The molecule has 2 amide bonds. The highest BCUT2D eigenvalue weighted by atomic mass is 32.2. The van der Waals surface area contributed by atoms with Crippen LogP contribution in [0.25, 0.3) is 0 Å². The van der Waals surface area contributed by atoms with Gasteiger partial charge in [-0.05, 0) is 44.7 Å². The second kappa shape index (κ2) is 6.67. The van der Waals surface area contributed by atoms with E-state index in [1.807, 2.05) is 0 Å². The zero-order chi connectivity index (χ0) is 14.6. The number of nitrogens with one attached hydrogen (secondary N) is 2. The summed E-state index contributed by atoms with van der Waals surface area (Å²) in [5.74, 6) is -0.121. The van der Waals surface area contributed by atoms with Crippen LogP contribution >= 0.6 is 0 Å². The van der Waals surface area contributed by atoms with Crippen molar-refractivity contribution in [3.63, 3.8) is 0 Å². The fraction of sp³-hybridized carbons (Fsp3) is 0.846.